The fraction of sp³-hybridized carbons (Fsp3) is 0.583. The number of rotatable bonds is 2. The molecule has 2 rings (SSSR count). The number of piperidine rings is 1. The van der Waals surface area contributed by atoms with Crippen LogP contribution in [0.1, 0.15) is 29.4 Å². The van der Waals surface area contributed by atoms with Gasteiger partial charge in [-0.15, -0.1) is 11.3 Å². The summed E-state index contributed by atoms with van der Waals surface area (Å²) < 4.78 is 5.10. The molecule has 94 valence electrons. The molecule has 0 unspecified atom stereocenters. The van der Waals surface area contributed by atoms with E-state index in [2.05, 4.69) is 6.92 Å². The van der Waals surface area contributed by atoms with Crippen LogP contribution in [0.3, 0.4) is 0 Å². The van der Waals surface area contributed by atoms with E-state index in [1.165, 1.54) is 11.3 Å². The van der Waals surface area contributed by atoms with Crippen LogP contribution in [0.4, 0.5) is 0 Å². The highest BCUT2D eigenvalue weighted by atomic mass is 32.1. The van der Waals surface area contributed by atoms with E-state index in [1.54, 1.807) is 13.2 Å². The Bertz CT molecular complexity index is 405. The lowest BCUT2D eigenvalue weighted by Gasteiger charge is -2.36. The number of carbonyl (C=O) groups is 1. The van der Waals surface area contributed by atoms with E-state index < -0.39 is 0 Å². The van der Waals surface area contributed by atoms with Gasteiger partial charge in [0, 0.05) is 30.1 Å². The van der Waals surface area contributed by atoms with Crippen LogP contribution in [0.25, 0.3) is 0 Å². The second kappa shape index (κ2) is 5.06. The molecule has 1 aromatic rings. The van der Waals surface area contributed by atoms with E-state index in [4.69, 9.17) is 10.5 Å². The third-order valence-electron chi connectivity index (χ3n) is 3.20. The third kappa shape index (κ3) is 2.61. The Morgan fingerprint density at radius 1 is 1.65 bits per heavy atom. The van der Waals surface area contributed by atoms with Gasteiger partial charge in [-0.25, -0.2) is 0 Å². The molecule has 1 amide bonds. The molecule has 1 aromatic heterocycles. The predicted octanol–water partition coefficient (Wildman–Crippen LogP) is 1.71. The first-order chi connectivity index (χ1) is 8.11. The summed E-state index contributed by atoms with van der Waals surface area (Å²) in [5.41, 5.74) is 5.90. The monoisotopic (exact) mass is 254 g/mol. The van der Waals surface area contributed by atoms with Crippen LogP contribution in [0.2, 0.25) is 0 Å². The molecule has 0 saturated carbocycles. The first-order valence-electron chi connectivity index (χ1n) is 5.81. The molecule has 2 N–H and O–H groups in total. The minimum Gasteiger partial charge on any atom is -0.496 e. The number of hydrogen-bond donors (Lipinski definition) is 1. The maximum Gasteiger partial charge on any atom is 0.264 e. The molecule has 1 fully saturated rings. The van der Waals surface area contributed by atoms with E-state index >= 15 is 0 Å². The summed E-state index contributed by atoms with van der Waals surface area (Å²) in [6.07, 6.45) is 1.77. The summed E-state index contributed by atoms with van der Waals surface area (Å²) in [5.74, 6) is 0.845. The van der Waals surface area contributed by atoms with Gasteiger partial charge < -0.3 is 15.4 Å². The largest absolute Gasteiger partial charge is 0.496 e. The second-order valence-corrected chi connectivity index (χ2v) is 5.39. The zero-order valence-corrected chi connectivity index (χ0v) is 11.0. The molecule has 2 heterocycles. The van der Waals surface area contributed by atoms with Gasteiger partial charge >= 0.3 is 0 Å². The molecule has 17 heavy (non-hydrogen) atoms. The zero-order chi connectivity index (χ0) is 12.4. The number of nitrogens with two attached hydrogens (primary N) is 1. The Morgan fingerprint density at radius 3 is 3.00 bits per heavy atom. The van der Waals surface area contributed by atoms with E-state index in [-0.39, 0.29) is 18.0 Å². The van der Waals surface area contributed by atoms with Crippen molar-refractivity contribution in [1.29, 1.82) is 0 Å². The summed E-state index contributed by atoms with van der Waals surface area (Å²) >= 11 is 1.43. The normalized spacial score (nSPS) is 24.8. The Labute approximate surface area is 105 Å². The average molecular weight is 254 g/mol. The van der Waals surface area contributed by atoms with Gasteiger partial charge in [0.25, 0.3) is 5.91 Å². The van der Waals surface area contributed by atoms with Crippen molar-refractivity contribution >= 4 is 17.2 Å². The standard InChI is InChI=1S/C12H18N2O2S/c1-8-5-9(13)3-4-14(8)12(15)11-6-10(16-2)7-17-11/h6-9H,3-5,13H2,1-2H3/t8-,9+/m0/s1. The number of nitrogens with zero attached hydrogens (tertiary/aromatic N) is 1. The molecule has 1 saturated heterocycles. The van der Waals surface area contributed by atoms with Crippen LogP contribution in [0.15, 0.2) is 11.4 Å². The summed E-state index contributed by atoms with van der Waals surface area (Å²) in [4.78, 5) is 14.9. The van der Waals surface area contributed by atoms with Gasteiger partial charge in [0.1, 0.15) is 5.75 Å². The molecule has 1 aliphatic rings. The summed E-state index contributed by atoms with van der Waals surface area (Å²) in [7, 11) is 1.61. The van der Waals surface area contributed by atoms with Crippen LogP contribution in [0.5, 0.6) is 5.75 Å². The molecule has 1 aliphatic heterocycles. The zero-order valence-electron chi connectivity index (χ0n) is 10.2. The highest BCUT2D eigenvalue weighted by molar-refractivity contribution is 7.12. The van der Waals surface area contributed by atoms with Crippen molar-refractivity contribution in [2.45, 2.75) is 31.8 Å². The topological polar surface area (TPSA) is 55.6 Å². The molecular weight excluding hydrogens is 236 g/mol. The fourth-order valence-electron chi connectivity index (χ4n) is 2.19. The second-order valence-electron chi connectivity index (χ2n) is 4.48. The summed E-state index contributed by atoms with van der Waals surface area (Å²) in [6.45, 7) is 2.81. The molecule has 0 aliphatic carbocycles. The number of amides is 1. The number of methoxy groups -OCH3 is 1. The van der Waals surface area contributed by atoms with Gasteiger partial charge in [0.2, 0.25) is 0 Å². The van der Waals surface area contributed by atoms with E-state index in [0.717, 1.165) is 30.0 Å². The maximum absolute atomic E-state index is 12.3. The van der Waals surface area contributed by atoms with Gasteiger partial charge in [-0.1, -0.05) is 0 Å². The average Bonchev–Trinajstić information content (AvgIpc) is 2.76. The number of thiophene rings is 1. The first-order valence-corrected chi connectivity index (χ1v) is 6.69. The van der Waals surface area contributed by atoms with Crippen molar-refractivity contribution in [3.63, 3.8) is 0 Å². The van der Waals surface area contributed by atoms with Gasteiger partial charge in [-0.05, 0) is 19.8 Å². The quantitative estimate of drug-likeness (QED) is 0.874. The molecule has 2 atom stereocenters. The van der Waals surface area contributed by atoms with Crippen molar-refractivity contribution in [3.05, 3.63) is 16.3 Å². The first kappa shape index (κ1) is 12.4. The number of likely N-dealkylation sites (tertiary alicyclic amines) is 1. The molecule has 0 bridgehead atoms. The van der Waals surface area contributed by atoms with Crippen LogP contribution in [-0.4, -0.2) is 36.5 Å². The lowest BCUT2D eigenvalue weighted by atomic mass is 9.99. The molecule has 4 nitrogen and oxygen atoms in total. The van der Waals surface area contributed by atoms with Crippen LogP contribution in [-0.2, 0) is 0 Å². The van der Waals surface area contributed by atoms with Gasteiger partial charge in [0.15, 0.2) is 0 Å². The highest BCUT2D eigenvalue weighted by Gasteiger charge is 2.28. The minimum atomic E-state index is 0.0951. The van der Waals surface area contributed by atoms with E-state index in [9.17, 15) is 4.79 Å². The van der Waals surface area contributed by atoms with Crippen molar-refractivity contribution in [3.8, 4) is 5.75 Å². The lowest BCUT2D eigenvalue weighted by molar-refractivity contribution is 0.0624. The molecular formula is C12H18N2O2S. The molecule has 0 radical (unpaired) electrons. The minimum absolute atomic E-state index is 0.0951. The SMILES string of the molecule is COc1csc(C(=O)N2CC[C@@H](N)C[C@@H]2C)c1. The number of carbonyl (C=O) groups excluding carboxylic acids is 1. The Kier molecular flexibility index (Phi) is 3.69. The number of ether oxygens (including phenoxy) is 1. The van der Waals surface area contributed by atoms with Crippen molar-refractivity contribution in [1.82, 2.24) is 4.90 Å². The van der Waals surface area contributed by atoms with Crippen molar-refractivity contribution in [2.24, 2.45) is 5.73 Å². The highest BCUT2D eigenvalue weighted by Crippen LogP contribution is 2.25. The summed E-state index contributed by atoms with van der Waals surface area (Å²) in [6, 6.07) is 2.25. The van der Waals surface area contributed by atoms with Crippen LogP contribution in [0, 0.1) is 0 Å². The third-order valence-corrected chi connectivity index (χ3v) is 4.10. The van der Waals surface area contributed by atoms with E-state index in [0.29, 0.717) is 0 Å². The smallest absolute Gasteiger partial charge is 0.264 e. The Balaban J connectivity index is 2.09. The Hall–Kier alpha value is -1.07. The van der Waals surface area contributed by atoms with E-state index in [1.807, 2.05) is 10.3 Å². The fourth-order valence-corrected chi connectivity index (χ4v) is 3.00. The molecule has 0 spiro atoms. The van der Waals surface area contributed by atoms with Crippen LogP contribution < -0.4 is 10.5 Å². The van der Waals surface area contributed by atoms with Gasteiger partial charge in [-0.2, -0.15) is 0 Å². The summed E-state index contributed by atoms with van der Waals surface area (Å²) in [5, 5.41) is 1.85. The van der Waals surface area contributed by atoms with Crippen molar-refractivity contribution in [2.75, 3.05) is 13.7 Å². The van der Waals surface area contributed by atoms with Crippen LogP contribution >= 0.6 is 11.3 Å². The lowest BCUT2D eigenvalue weighted by Crippen LogP contribution is -2.48. The Morgan fingerprint density at radius 2 is 2.41 bits per heavy atom. The van der Waals surface area contributed by atoms with Gasteiger partial charge in [0.05, 0.1) is 12.0 Å². The maximum atomic E-state index is 12.3. The van der Waals surface area contributed by atoms with Gasteiger partial charge in [-0.3, -0.25) is 4.79 Å². The predicted molar refractivity (Wildman–Crippen MR) is 68.6 cm³/mol. The number of hydrogen-bond acceptors (Lipinski definition) is 4. The van der Waals surface area contributed by atoms with Crippen molar-refractivity contribution < 1.29 is 9.53 Å². The molecule has 0 aromatic carbocycles. The molecule has 5 heteroatoms.